The van der Waals surface area contributed by atoms with Crippen LogP contribution in [0.15, 0.2) is 36.4 Å². The predicted molar refractivity (Wildman–Crippen MR) is 82.9 cm³/mol. The average molecular weight is 311 g/mol. The van der Waals surface area contributed by atoms with Gasteiger partial charge in [-0.2, -0.15) is 10.5 Å². The molecule has 4 nitrogen and oxygen atoms in total. The van der Waals surface area contributed by atoms with Gasteiger partial charge in [-0.3, -0.25) is 4.57 Å². The standard InChI is InChI=1S/C15H7ClN4S/c16-11-3-2-10(8-18)13(6-11)20-14-5-9(7-17)1-4-12(14)19-15(20)21/h1-6H,(H,19,21). The number of nitriles is 2. The Morgan fingerprint density at radius 1 is 1.10 bits per heavy atom. The zero-order valence-corrected chi connectivity index (χ0v) is 12.2. The number of hydrogen-bond acceptors (Lipinski definition) is 3. The summed E-state index contributed by atoms with van der Waals surface area (Å²) in [7, 11) is 0. The lowest BCUT2D eigenvalue weighted by Gasteiger charge is -2.07. The van der Waals surface area contributed by atoms with Gasteiger partial charge in [-0.1, -0.05) is 11.6 Å². The second-order valence-electron chi connectivity index (χ2n) is 4.38. The fourth-order valence-electron chi connectivity index (χ4n) is 2.20. The Labute approximate surface area is 130 Å². The number of hydrogen-bond donors (Lipinski definition) is 1. The number of nitrogens with one attached hydrogen (secondary N) is 1. The molecule has 0 amide bonds. The van der Waals surface area contributed by atoms with Crippen molar-refractivity contribution in [2.45, 2.75) is 0 Å². The zero-order valence-electron chi connectivity index (χ0n) is 10.6. The molecule has 100 valence electrons. The molecule has 1 aromatic heterocycles. The second-order valence-corrected chi connectivity index (χ2v) is 5.21. The number of aromatic nitrogens is 2. The Hall–Kier alpha value is -2.60. The summed E-state index contributed by atoms with van der Waals surface area (Å²) in [5, 5.41) is 18.8. The van der Waals surface area contributed by atoms with Crippen LogP contribution in [-0.2, 0) is 0 Å². The molecule has 0 spiro atoms. The van der Waals surface area contributed by atoms with Crippen molar-refractivity contribution in [1.82, 2.24) is 9.55 Å². The molecule has 0 aliphatic heterocycles. The number of imidazole rings is 1. The number of nitrogens with zero attached hydrogens (tertiary/aromatic N) is 3. The molecule has 0 bridgehead atoms. The minimum atomic E-state index is 0.443. The van der Waals surface area contributed by atoms with Gasteiger partial charge in [0.2, 0.25) is 0 Å². The first-order valence-electron chi connectivity index (χ1n) is 5.99. The van der Waals surface area contributed by atoms with Gasteiger partial charge in [-0.15, -0.1) is 0 Å². The number of fused-ring (bicyclic) bond motifs is 1. The quantitative estimate of drug-likeness (QED) is 0.688. The first-order chi connectivity index (χ1) is 10.1. The maximum atomic E-state index is 9.27. The molecule has 3 aromatic rings. The number of H-pyrrole nitrogens is 1. The van der Waals surface area contributed by atoms with E-state index in [0.29, 0.717) is 26.6 Å². The average Bonchev–Trinajstić information content (AvgIpc) is 2.81. The van der Waals surface area contributed by atoms with Gasteiger partial charge in [0.15, 0.2) is 4.77 Å². The van der Waals surface area contributed by atoms with E-state index in [0.717, 1.165) is 11.0 Å². The summed E-state index contributed by atoms with van der Waals surface area (Å²) in [6, 6.07) is 14.4. The number of aromatic amines is 1. The summed E-state index contributed by atoms with van der Waals surface area (Å²) >= 11 is 11.4. The SMILES string of the molecule is N#Cc1ccc2[nH]c(=S)n(-c3cc(Cl)ccc3C#N)c2c1. The summed E-state index contributed by atoms with van der Waals surface area (Å²) < 4.78 is 2.16. The molecule has 0 atom stereocenters. The largest absolute Gasteiger partial charge is 0.330 e. The molecule has 0 radical (unpaired) electrons. The number of halogens is 1. The van der Waals surface area contributed by atoms with Gasteiger partial charge >= 0.3 is 0 Å². The third-order valence-corrected chi connectivity index (χ3v) is 3.65. The minimum absolute atomic E-state index is 0.443. The normalized spacial score (nSPS) is 10.2. The molecule has 0 unspecified atom stereocenters. The van der Waals surface area contributed by atoms with Gasteiger partial charge in [0.05, 0.1) is 33.9 Å². The van der Waals surface area contributed by atoms with Crippen LogP contribution in [0.1, 0.15) is 11.1 Å². The summed E-state index contributed by atoms with van der Waals surface area (Å²) in [6.45, 7) is 0. The molecule has 0 saturated heterocycles. The minimum Gasteiger partial charge on any atom is -0.330 e. The summed E-state index contributed by atoms with van der Waals surface area (Å²) in [5.41, 5.74) is 3.10. The van der Waals surface area contributed by atoms with Crippen molar-refractivity contribution >= 4 is 34.9 Å². The van der Waals surface area contributed by atoms with E-state index in [9.17, 15) is 5.26 Å². The van der Waals surface area contributed by atoms with Crippen molar-refractivity contribution in [3.8, 4) is 17.8 Å². The fraction of sp³-hybridized carbons (Fsp3) is 0. The van der Waals surface area contributed by atoms with Crippen molar-refractivity contribution in [3.05, 3.63) is 57.3 Å². The lowest BCUT2D eigenvalue weighted by molar-refractivity contribution is 1.06. The highest BCUT2D eigenvalue weighted by Crippen LogP contribution is 2.25. The molecule has 1 heterocycles. The van der Waals surface area contributed by atoms with E-state index < -0.39 is 0 Å². The Morgan fingerprint density at radius 2 is 1.90 bits per heavy atom. The second kappa shape index (κ2) is 5.06. The van der Waals surface area contributed by atoms with Gasteiger partial charge < -0.3 is 4.98 Å². The highest BCUT2D eigenvalue weighted by Gasteiger charge is 2.12. The molecular weight excluding hydrogens is 304 g/mol. The molecule has 3 rings (SSSR count). The first kappa shape index (κ1) is 13.4. The van der Waals surface area contributed by atoms with E-state index in [1.165, 1.54) is 0 Å². The molecule has 21 heavy (non-hydrogen) atoms. The van der Waals surface area contributed by atoms with Crippen LogP contribution >= 0.6 is 23.8 Å². The lowest BCUT2D eigenvalue weighted by Crippen LogP contribution is -1.98. The van der Waals surface area contributed by atoms with Crippen LogP contribution in [-0.4, -0.2) is 9.55 Å². The lowest BCUT2D eigenvalue weighted by atomic mass is 10.1. The van der Waals surface area contributed by atoms with Crippen LogP contribution < -0.4 is 0 Å². The zero-order chi connectivity index (χ0) is 15.0. The molecule has 2 aromatic carbocycles. The van der Waals surface area contributed by atoms with Crippen LogP contribution in [0.5, 0.6) is 0 Å². The predicted octanol–water partition coefficient (Wildman–Crippen LogP) is 4.08. The van der Waals surface area contributed by atoms with Gasteiger partial charge in [0, 0.05) is 5.02 Å². The van der Waals surface area contributed by atoms with Crippen LogP contribution in [0.2, 0.25) is 5.02 Å². The van der Waals surface area contributed by atoms with Gasteiger partial charge in [0.25, 0.3) is 0 Å². The van der Waals surface area contributed by atoms with Crippen molar-refractivity contribution in [2.75, 3.05) is 0 Å². The van der Waals surface area contributed by atoms with E-state index in [1.54, 1.807) is 41.0 Å². The summed E-state index contributed by atoms with van der Waals surface area (Å²) in [5.74, 6) is 0. The summed E-state index contributed by atoms with van der Waals surface area (Å²) in [4.78, 5) is 3.06. The van der Waals surface area contributed by atoms with E-state index >= 15 is 0 Å². The monoisotopic (exact) mass is 310 g/mol. The van der Waals surface area contributed by atoms with Crippen LogP contribution in [0, 0.1) is 27.4 Å². The maximum Gasteiger partial charge on any atom is 0.182 e. The van der Waals surface area contributed by atoms with E-state index in [1.807, 2.05) is 0 Å². The topological polar surface area (TPSA) is 68.3 Å². The first-order valence-corrected chi connectivity index (χ1v) is 6.77. The highest BCUT2D eigenvalue weighted by molar-refractivity contribution is 7.71. The molecule has 0 aliphatic rings. The highest BCUT2D eigenvalue weighted by atomic mass is 35.5. The molecule has 0 aliphatic carbocycles. The Bertz CT molecular complexity index is 1000. The Kier molecular flexibility index (Phi) is 3.23. The third-order valence-electron chi connectivity index (χ3n) is 3.13. The fourth-order valence-corrected chi connectivity index (χ4v) is 2.67. The van der Waals surface area contributed by atoms with Crippen molar-refractivity contribution in [1.29, 1.82) is 10.5 Å². The number of benzene rings is 2. The van der Waals surface area contributed by atoms with E-state index in [-0.39, 0.29) is 0 Å². The Balaban J connectivity index is 2.43. The van der Waals surface area contributed by atoms with Crippen LogP contribution in [0.4, 0.5) is 0 Å². The maximum absolute atomic E-state index is 9.27. The summed E-state index contributed by atoms with van der Waals surface area (Å²) in [6.07, 6.45) is 0. The van der Waals surface area contributed by atoms with Crippen molar-refractivity contribution < 1.29 is 0 Å². The van der Waals surface area contributed by atoms with Crippen LogP contribution in [0.3, 0.4) is 0 Å². The molecule has 1 N–H and O–H groups in total. The molecule has 0 fully saturated rings. The van der Waals surface area contributed by atoms with E-state index in [4.69, 9.17) is 29.1 Å². The van der Waals surface area contributed by atoms with Crippen molar-refractivity contribution in [3.63, 3.8) is 0 Å². The molecule has 6 heteroatoms. The van der Waals surface area contributed by atoms with Crippen LogP contribution in [0.25, 0.3) is 16.7 Å². The third kappa shape index (κ3) is 2.19. The molecule has 0 saturated carbocycles. The van der Waals surface area contributed by atoms with Gasteiger partial charge in [0.1, 0.15) is 6.07 Å². The van der Waals surface area contributed by atoms with Gasteiger partial charge in [-0.25, -0.2) is 0 Å². The van der Waals surface area contributed by atoms with E-state index in [2.05, 4.69) is 17.1 Å². The Morgan fingerprint density at radius 3 is 2.62 bits per heavy atom. The van der Waals surface area contributed by atoms with Crippen molar-refractivity contribution in [2.24, 2.45) is 0 Å². The number of rotatable bonds is 1. The van der Waals surface area contributed by atoms with Gasteiger partial charge in [-0.05, 0) is 48.6 Å². The molecular formula is C15H7ClN4S. The smallest absolute Gasteiger partial charge is 0.182 e.